The summed E-state index contributed by atoms with van der Waals surface area (Å²) < 4.78 is 14.8. The molecule has 0 saturated carbocycles. The fourth-order valence-corrected chi connectivity index (χ4v) is 1.87. The second-order valence-electron chi connectivity index (χ2n) is 4.32. The van der Waals surface area contributed by atoms with Gasteiger partial charge in [0.15, 0.2) is 0 Å². The van der Waals surface area contributed by atoms with Crippen LogP contribution in [-0.2, 0) is 20.1 Å². The number of aryl methyl sites for hydroxylation is 1. The molecule has 0 saturated heterocycles. The first-order valence-corrected chi connectivity index (χ1v) is 5.54. The number of hydrogen-bond acceptors (Lipinski definition) is 2. The van der Waals surface area contributed by atoms with Gasteiger partial charge in [0, 0.05) is 31.9 Å². The Morgan fingerprint density at radius 3 is 2.71 bits per heavy atom. The Kier molecular flexibility index (Phi) is 3.54. The Labute approximate surface area is 100 Å². The van der Waals surface area contributed by atoms with Gasteiger partial charge in [-0.2, -0.15) is 5.10 Å². The summed E-state index contributed by atoms with van der Waals surface area (Å²) in [5.41, 5.74) is 2.14. The molecule has 0 atom stereocenters. The summed E-state index contributed by atoms with van der Waals surface area (Å²) in [7, 11) is 3.91. The lowest BCUT2D eigenvalue weighted by Crippen LogP contribution is -2.16. The Bertz CT molecular complexity index is 493. The smallest absolute Gasteiger partial charge is 0.123 e. The van der Waals surface area contributed by atoms with Gasteiger partial charge in [0.1, 0.15) is 5.82 Å². The van der Waals surface area contributed by atoms with E-state index in [2.05, 4.69) is 10.00 Å². The highest BCUT2D eigenvalue weighted by Gasteiger charge is 2.04. The molecule has 1 aromatic heterocycles. The highest BCUT2D eigenvalue weighted by Crippen LogP contribution is 2.08. The van der Waals surface area contributed by atoms with E-state index in [1.54, 1.807) is 16.8 Å². The number of hydrogen-bond donors (Lipinski definition) is 0. The minimum absolute atomic E-state index is 0.183. The molecule has 1 heterocycles. The van der Waals surface area contributed by atoms with Gasteiger partial charge in [-0.15, -0.1) is 0 Å². The summed E-state index contributed by atoms with van der Waals surface area (Å²) >= 11 is 0. The van der Waals surface area contributed by atoms with Gasteiger partial charge in [0.25, 0.3) is 0 Å². The second kappa shape index (κ2) is 5.10. The van der Waals surface area contributed by atoms with Crippen LogP contribution in [0.15, 0.2) is 36.7 Å². The molecule has 0 aliphatic heterocycles. The van der Waals surface area contributed by atoms with Gasteiger partial charge in [0.2, 0.25) is 0 Å². The van der Waals surface area contributed by atoms with E-state index in [4.69, 9.17) is 0 Å². The zero-order chi connectivity index (χ0) is 12.3. The molecule has 0 radical (unpaired) electrons. The molecule has 2 aromatic rings. The summed E-state index contributed by atoms with van der Waals surface area (Å²) in [5.74, 6) is -0.183. The summed E-state index contributed by atoms with van der Waals surface area (Å²) in [6, 6.07) is 6.70. The Morgan fingerprint density at radius 2 is 2.06 bits per heavy atom. The molecule has 0 aliphatic carbocycles. The van der Waals surface area contributed by atoms with Crippen molar-refractivity contribution in [1.29, 1.82) is 0 Å². The molecule has 1 aromatic carbocycles. The molecule has 0 bridgehead atoms. The fourth-order valence-electron chi connectivity index (χ4n) is 1.87. The van der Waals surface area contributed by atoms with Gasteiger partial charge in [-0.25, -0.2) is 4.39 Å². The van der Waals surface area contributed by atoms with Crippen molar-refractivity contribution in [3.8, 4) is 0 Å². The summed E-state index contributed by atoms with van der Waals surface area (Å²) in [6.07, 6.45) is 3.84. The van der Waals surface area contributed by atoms with Crippen LogP contribution >= 0.6 is 0 Å². The number of halogens is 1. The fraction of sp³-hybridized carbons (Fsp3) is 0.308. The van der Waals surface area contributed by atoms with E-state index in [9.17, 15) is 4.39 Å². The van der Waals surface area contributed by atoms with Gasteiger partial charge < -0.3 is 0 Å². The maximum Gasteiger partial charge on any atom is 0.123 e. The lowest BCUT2D eigenvalue weighted by atomic mass is 10.2. The average molecular weight is 233 g/mol. The summed E-state index contributed by atoms with van der Waals surface area (Å²) in [6.45, 7) is 1.54. The van der Waals surface area contributed by atoms with Crippen LogP contribution in [0, 0.1) is 5.82 Å². The molecule has 17 heavy (non-hydrogen) atoms. The van der Waals surface area contributed by atoms with Crippen LogP contribution in [0.4, 0.5) is 4.39 Å². The maximum absolute atomic E-state index is 13.0. The zero-order valence-corrected chi connectivity index (χ0v) is 10.1. The average Bonchev–Trinajstić information content (AvgIpc) is 2.63. The van der Waals surface area contributed by atoms with Gasteiger partial charge in [0.05, 0.1) is 6.20 Å². The monoisotopic (exact) mass is 233 g/mol. The topological polar surface area (TPSA) is 21.1 Å². The first-order chi connectivity index (χ1) is 8.13. The number of nitrogens with zero attached hydrogens (tertiary/aromatic N) is 3. The first kappa shape index (κ1) is 11.8. The van der Waals surface area contributed by atoms with E-state index in [1.165, 1.54) is 6.07 Å². The van der Waals surface area contributed by atoms with Crippen LogP contribution in [0.1, 0.15) is 11.1 Å². The van der Waals surface area contributed by atoms with Crippen molar-refractivity contribution in [3.63, 3.8) is 0 Å². The third-order valence-corrected chi connectivity index (χ3v) is 2.55. The molecule has 0 unspecified atom stereocenters. The van der Waals surface area contributed by atoms with Crippen molar-refractivity contribution in [2.24, 2.45) is 7.05 Å². The molecule has 0 N–H and O–H groups in total. The molecule has 0 fully saturated rings. The van der Waals surface area contributed by atoms with E-state index in [1.807, 2.05) is 32.6 Å². The molecule has 0 spiro atoms. The molecular weight excluding hydrogens is 217 g/mol. The largest absolute Gasteiger partial charge is 0.298 e. The van der Waals surface area contributed by atoms with Crippen molar-refractivity contribution in [3.05, 3.63) is 53.6 Å². The zero-order valence-electron chi connectivity index (χ0n) is 10.1. The predicted octanol–water partition coefficient (Wildman–Crippen LogP) is 2.19. The van der Waals surface area contributed by atoms with Gasteiger partial charge >= 0.3 is 0 Å². The minimum atomic E-state index is -0.183. The Balaban J connectivity index is 1.95. The molecule has 0 amide bonds. The highest BCUT2D eigenvalue weighted by atomic mass is 19.1. The Morgan fingerprint density at radius 1 is 1.29 bits per heavy atom. The van der Waals surface area contributed by atoms with Crippen molar-refractivity contribution in [2.75, 3.05) is 7.05 Å². The molecule has 4 heteroatoms. The standard InChI is InChI=1S/C13H16FN3/c1-16(9-12-7-15-17(2)10-12)8-11-4-3-5-13(14)6-11/h3-7,10H,8-9H2,1-2H3. The summed E-state index contributed by atoms with van der Waals surface area (Å²) in [4.78, 5) is 2.13. The number of rotatable bonds is 4. The van der Waals surface area contributed by atoms with Crippen molar-refractivity contribution >= 4 is 0 Å². The first-order valence-electron chi connectivity index (χ1n) is 5.54. The molecular formula is C13H16FN3. The lowest BCUT2D eigenvalue weighted by Gasteiger charge is -2.15. The van der Waals surface area contributed by atoms with E-state index < -0.39 is 0 Å². The van der Waals surface area contributed by atoms with Crippen molar-refractivity contribution in [1.82, 2.24) is 14.7 Å². The van der Waals surface area contributed by atoms with Crippen molar-refractivity contribution in [2.45, 2.75) is 13.1 Å². The van der Waals surface area contributed by atoms with Crippen LogP contribution in [0.25, 0.3) is 0 Å². The number of aromatic nitrogens is 2. The third-order valence-electron chi connectivity index (χ3n) is 2.55. The quantitative estimate of drug-likeness (QED) is 0.807. The second-order valence-corrected chi connectivity index (χ2v) is 4.32. The molecule has 90 valence electrons. The van der Waals surface area contributed by atoms with Gasteiger partial charge in [-0.1, -0.05) is 12.1 Å². The Hall–Kier alpha value is -1.68. The SMILES string of the molecule is CN(Cc1cccc(F)c1)Cc1cnn(C)c1. The van der Waals surface area contributed by atoms with Gasteiger partial charge in [-0.3, -0.25) is 9.58 Å². The molecule has 2 rings (SSSR count). The highest BCUT2D eigenvalue weighted by molar-refractivity contribution is 5.16. The number of benzene rings is 1. The van der Waals surface area contributed by atoms with Crippen LogP contribution in [0.5, 0.6) is 0 Å². The lowest BCUT2D eigenvalue weighted by molar-refractivity contribution is 0.318. The molecule has 3 nitrogen and oxygen atoms in total. The van der Waals surface area contributed by atoms with Gasteiger partial charge in [-0.05, 0) is 24.7 Å². The van der Waals surface area contributed by atoms with E-state index in [-0.39, 0.29) is 5.82 Å². The van der Waals surface area contributed by atoms with Crippen molar-refractivity contribution < 1.29 is 4.39 Å². The maximum atomic E-state index is 13.0. The van der Waals surface area contributed by atoms with E-state index >= 15 is 0 Å². The third kappa shape index (κ3) is 3.39. The van der Waals surface area contributed by atoms with E-state index in [0.717, 1.165) is 24.2 Å². The van der Waals surface area contributed by atoms with Crippen LogP contribution in [0.2, 0.25) is 0 Å². The van der Waals surface area contributed by atoms with E-state index in [0.29, 0.717) is 0 Å². The van der Waals surface area contributed by atoms with Crippen LogP contribution < -0.4 is 0 Å². The predicted molar refractivity (Wildman–Crippen MR) is 64.8 cm³/mol. The molecule has 0 aliphatic rings. The summed E-state index contributed by atoms with van der Waals surface area (Å²) in [5, 5.41) is 4.12. The van der Waals surface area contributed by atoms with Crippen LogP contribution in [0.3, 0.4) is 0 Å². The minimum Gasteiger partial charge on any atom is -0.298 e. The van der Waals surface area contributed by atoms with Crippen LogP contribution in [-0.4, -0.2) is 21.7 Å². The normalized spacial score (nSPS) is 11.1.